The molecular formula is C29H26ClN3O3S2. The van der Waals surface area contributed by atoms with Gasteiger partial charge in [-0.2, -0.15) is 17.0 Å². The van der Waals surface area contributed by atoms with Gasteiger partial charge in [-0.1, -0.05) is 23.7 Å². The van der Waals surface area contributed by atoms with Crippen LogP contribution in [0.15, 0.2) is 71.6 Å². The molecule has 0 bridgehead atoms. The summed E-state index contributed by atoms with van der Waals surface area (Å²) >= 11 is 8.16. The Balaban J connectivity index is 1.46. The second kappa shape index (κ2) is 9.64. The van der Waals surface area contributed by atoms with E-state index in [1.54, 1.807) is 46.8 Å². The van der Waals surface area contributed by atoms with Crippen molar-refractivity contribution in [3.63, 3.8) is 0 Å². The van der Waals surface area contributed by atoms with E-state index in [1.807, 2.05) is 23.9 Å². The molecule has 3 aromatic carbocycles. The monoisotopic (exact) mass is 563 g/mol. The molecule has 1 saturated carbocycles. The number of thioether (sulfide) groups is 1. The number of benzene rings is 3. The summed E-state index contributed by atoms with van der Waals surface area (Å²) in [5.74, 6) is 1.89. The molecule has 38 heavy (non-hydrogen) atoms. The predicted molar refractivity (Wildman–Crippen MR) is 151 cm³/mol. The van der Waals surface area contributed by atoms with E-state index in [2.05, 4.69) is 11.4 Å². The van der Waals surface area contributed by atoms with E-state index in [4.69, 9.17) is 11.6 Å². The van der Waals surface area contributed by atoms with Gasteiger partial charge in [-0.3, -0.25) is 9.10 Å². The van der Waals surface area contributed by atoms with E-state index in [0.29, 0.717) is 27.5 Å². The first-order valence-electron chi connectivity index (χ1n) is 12.7. The smallest absolute Gasteiger partial charge is 0.264 e. The minimum atomic E-state index is -3.89. The molecule has 2 aliphatic heterocycles. The molecule has 2 heterocycles. The fourth-order valence-corrected chi connectivity index (χ4v) is 9.21. The molecule has 1 unspecified atom stereocenters. The SMILES string of the molecule is N#Cc1ccc(S(=O)(=O)N2c3ccc(C(=O)Nc4ccccc4Cl)cc3C3(CCSCC3)C2C2CC2)cc1. The molecule has 6 nitrogen and oxygen atoms in total. The van der Waals surface area contributed by atoms with E-state index in [1.165, 1.54) is 12.1 Å². The van der Waals surface area contributed by atoms with Gasteiger partial charge in [0, 0.05) is 11.0 Å². The zero-order chi connectivity index (χ0) is 26.5. The van der Waals surface area contributed by atoms with Crippen molar-refractivity contribution in [2.24, 2.45) is 5.92 Å². The summed E-state index contributed by atoms with van der Waals surface area (Å²) < 4.78 is 30.1. The summed E-state index contributed by atoms with van der Waals surface area (Å²) in [6, 6.07) is 20.5. The highest BCUT2D eigenvalue weighted by molar-refractivity contribution is 7.99. The van der Waals surface area contributed by atoms with Gasteiger partial charge in [0.15, 0.2) is 0 Å². The number of para-hydroxylation sites is 1. The number of carbonyl (C=O) groups is 1. The Hall–Kier alpha value is -2.99. The van der Waals surface area contributed by atoms with E-state index >= 15 is 0 Å². The maximum Gasteiger partial charge on any atom is 0.264 e. The molecule has 1 saturated heterocycles. The summed E-state index contributed by atoms with van der Waals surface area (Å²) in [6.45, 7) is 0. The molecule has 194 valence electrons. The zero-order valence-electron chi connectivity index (χ0n) is 20.6. The lowest BCUT2D eigenvalue weighted by Gasteiger charge is -2.41. The molecule has 1 atom stereocenters. The Bertz CT molecular complexity index is 1560. The van der Waals surface area contributed by atoms with E-state index in [9.17, 15) is 18.5 Å². The Kier molecular flexibility index (Phi) is 6.42. The van der Waals surface area contributed by atoms with Crippen molar-refractivity contribution in [3.8, 4) is 6.07 Å². The fraction of sp³-hybridized carbons (Fsp3) is 0.310. The molecule has 3 aromatic rings. The van der Waals surface area contributed by atoms with Gasteiger partial charge < -0.3 is 5.32 Å². The van der Waals surface area contributed by atoms with Crippen LogP contribution in [0.5, 0.6) is 0 Å². The van der Waals surface area contributed by atoms with Crippen molar-refractivity contribution in [1.29, 1.82) is 5.26 Å². The largest absolute Gasteiger partial charge is 0.321 e. The van der Waals surface area contributed by atoms with Crippen molar-refractivity contribution < 1.29 is 13.2 Å². The first-order valence-corrected chi connectivity index (χ1v) is 15.7. The number of carbonyl (C=O) groups excluding carboxylic acids is 1. The van der Waals surface area contributed by atoms with Crippen molar-refractivity contribution in [1.82, 2.24) is 0 Å². The van der Waals surface area contributed by atoms with E-state index in [0.717, 1.165) is 42.8 Å². The molecular weight excluding hydrogens is 538 g/mol. The third-order valence-electron chi connectivity index (χ3n) is 7.97. The molecule has 1 aliphatic carbocycles. The van der Waals surface area contributed by atoms with Crippen LogP contribution in [0.1, 0.15) is 47.2 Å². The lowest BCUT2D eigenvalue weighted by molar-refractivity contribution is 0.102. The average Bonchev–Trinajstić information content (AvgIpc) is 3.74. The first kappa shape index (κ1) is 25.3. The Labute approximate surface area is 232 Å². The van der Waals surface area contributed by atoms with Crippen molar-refractivity contribution in [3.05, 3.63) is 88.4 Å². The Morgan fingerprint density at radius 3 is 2.42 bits per heavy atom. The van der Waals surface area contributed by atoms with Gasteiger partial charge in [-0.15, -0.1) is 0 Å². The predicted octanol–water partition coefficient (Wildman–Crippen LogP) is 6.22. The minimum Gasteiger partial charge on any atom is -0.321 e. The third-order valence-corrected chi connectivity index (χ3v) is 11.1. The highest BCUT2D eigenvalue weighted by Gasteiger charge is 2.59. The second-order valence-corrected chi connectivity index (χ2v) is 13.6. The second-order valence-electron chi connectivity index (χ2n) is 10.2. The van der Waals surface area contributed by atoms with Crippen LogP contribution in [0.3, 0.4) is 0 Å². The fourth-order valence-electron chi connectivity index (χ4n) is 6.01. The van der Waals surface area contributed by atoms with Crippen LogP contribution in [0.2, 0.25) is 5.02 Å². The van der Waals surface area contributed by atoms with Crippen LogP contribution in [0.4, 0.5) is 11.4 Å². The number of nitrogens with one attached hydrogen (secondary N) is 1. The van der Waals surface area contributed by atoms with Crippen molar-refractivity contribution in [2.75, 3.05) is 21.1 Å². The van der Waals surface area contributed by atoms with Gasteiger partial charge in [0.05, 0.1) is 39.0 Å². The highest BCUT2D eigenvalue weighted by Crippen LogP contribution is 2.59. The number of nitrogens with zero attached hydrogens (tertiary/aromatic N) is 2. The molecule has 1 spiro atoms. The molecule has 0 radical (unpaired) electrons. The van der Waals surface area contributed by atoms with Crippen LogP contribution < -0.4 is 9.62 Å². The molecule has 0 aromatic heterocycles. The number of rotatable bonds is 5. The topological polar surface area (TPSA) is 90.3 Å². The van der Waals surface area contributed by atoms with Crippen LogP contribution in [0, 0.1) is 17.2 Å². The maximum atomic E-state index is 14.2. The standard InChI is InChI=1S/C29H26ClN3O3S2/c30-24-3-1-2-4-25(24)32-28(34)21-9-12-26-23(17-21)29(13-15-37-16-14-29)27(20-7-8-20)33(26)38(35,36)22-10-5-19(18-31)6-11-22/h1-6,9-12,17,20,27H,7-8,13-16H2,(H,32,34). The average molecular weight is 564 g/mol. The van der Waals surface area contributed by atoms with Crippen LogP contribution in [-0.2, 0) is 15.4 Å². The third kappa shape index (κ3) is 4.17. The number of hydrogen-bond donors (Lipinski definition) is 1. The summed E-state index contributed by atoms with van der Waals surface area (Å²) in [5, 5.41) is 12.5. The van der Waals surface area contributed by atoms with E-state index in [-0.39, 0.29) is 28.2 Å². The first-order chi connectivity index (χ1) is 18.3. The van der Waals surface area contributed by atoms with Gasteiger partial charge in [-0.25, -0.2) is 8.42 Å². The van der Waals surface area contributed by atoms with Crippen molar-refractivity contribution in [2.45, 2.75) is 42.0 Å². The van der Waals surface area contributed by atoms with Crippen LogP contribution in [-0.4, -0.2) is 31.9 Å². The summed E-state index contributed by atoms with van der Waals surface area (Å²) in [4.78, 5) is 13.5. The number of fused-ring (bicyclic) bond motifs is 2. The summed E-state index contributed by atoms with van der Waals surface area (Å²) in [5.41, 5.74) is 2.69. The van der Waals surface area contributed by atoms with Crippen LogP contribution >= 0.6 is 23.4 Å². The van der Waals surface area contributed by atoms with Crippen molar-refractivity contribution >= 4 is 50.7 Å². The maximum absolute atomic E-state index is 14.2. The molecule has 2 fully saturated rings. The highest BCUT2D eigenvalue weighted by atomic mass is 35.5. The van der Waals surface area contributed by atoms with Gasteiger partial charge in [0.2, 0.25) is 0 Å². The van der Waals surface area contributed by atoms with Gasteiger partial charge >= 0.3 is 0 Å². The van der Waals surface area contributed by atoms with Gasteiger partial charge in [0.1, 0.15) is 0 Å². The van der Waals surface area contributed by atoms with Gasteiger partial charge in [-0.05, 0) is 103 Å². The summed E-state index contributed by atoms with van der Waals surface area (Å²) in [6.07, 6.45) is 3.71. The molecule has 6 rings (SSSR count). The van der Waals surface area contributed by atoms with Crippen LogP contribution in [0.25, 0.3) is 0 Å². The zero-order valence-corrected chi connectivity index (χ0v) is 23.0. The normalized spacial score (nSPS) is 20.1. The number of amides is 1. The Morgan fingerprint density at radius 1 is 1.05 bits per heavy atom. The lowest BCUT2D eigenvalue weighted by Crippen LogP contribution is -2.50. The Morgan fingerprint density at radius 2 is 1.76 bits per heavy atom. The number of sulfonamides is 1. The quantitative estimate of drug-likeness (QED) is 0.398. The summed E-state index contributed by atoms with van der Waals surface area (Å²) in [7, 11) is -3.89. The molecule has 1 amide bonds. The van der Waals surface area contributed by atoms with Gasteiger partial charge in [0.25, 0.3) is 15.9 Å². The number of halogens is 1. The number of anilines is 2. The number of nitriles is 1. The molecule has 1 N–H and O–H groups in total. The molecule has 9 heteroatoms. The minimum absolute atomic E-state index is 0.177. The number of hydrogen-bond acceptors (Lipinski definition) is 5. The lowest BCUT2D eigenvalue weighted by atomic mass is 9.70. The molecule has 3 aliphatic rings. The van der Waals surface area contributed by atoms with E-state index < -0.39 is 10.0 Å².